The van der Waals surface area contributed by atoms with Gasteiger partial charge in [0.25, 0.3) is 5.91 Å². The van der Waals surface area contributed by atoms with Crippen molar-refractivity contribution in [2.24, 2.45) is 5.92 Å². The van der Waals surface area contributed by atoms with Gasteiger partial charge in [0, 0.05) is 23.1 Å². The van der Waals surface area contributed by atoms with Crippen molar-refractivity contribution >= 4 is 28.8 Å². The van der Waals surface area contributed by atoms with Crippen molar-refractivity contribution in [2.75, 3.05) is 5.32 Å². The molecule has 5 nitrogen and oxygen atoms in total. The minimum atomic E-state index is -0.747. The van der Waals surface area contributed by atoms with E-state index in [4.69, 9.17) is 0 Å². The first kappa shape index (κ1) is 20.7. The van der Waals surface area contributed by atoms with E-state index in [9.17, 15) is 9.59 Å². The lowest BCUT2D eigenvalue weighted by Crippen LogP contribution is -2.37. The summed E-state index contributed by atoms with van der Waals surface area (Å²) in [5, 5.41) is 8.80. The summed E-state index contributed by atoms with van der Waals surface area (Å²) in [6.07, 6.45) is 0.373. The number of rotatable bonds is 7. The Labute approximate surface area is 175 Å². The maximum absolute atomic E-state index is 13.0. The van der Waals surface area contributed by atoms with Gasteiger partial charge in [-0.3, -0.25) is 9.59 Å². The number of aromatic nitrogens is 1. The fourth-order valence-corrected chi connectivity index (χ4v) is 3.59. The van der Waals surface area contributed by atoms with Gasteiger partial charge in [0.05, 0.1) is 10.7 Å². The number of carbonyl (C=O) groups is 2. The molecule has 0 fully saturated rings. The van der Waals surface area contributed by atoms with Crippen LogP contribution in [0.25, 0.3) is 11.3 Å². The number of carbonyl (C=O) groups excluding carboxylic acids is 2. The highest BCUT2D eigenvalue weighted by Gasteiger charge is 2.23. The highest BCUT2D eigenvalue weighted by atomic mass is 32.1. The summed E-state index contributed by atoms with van der Waals surface area (Å²) in [4.78, 5) is 29.7. The number of hydrogen-bond donors (Lipinski definition) is 2. The predicted molar refractivity (Wildman–Crippen MR) is 118 cm³/mol. The molecule has 0 radical (unpaired) electrons. The van der Waals surface area contributed by atoms with Crippen LogP contribution in [-0.4, -0.2) is 16.8 Å². The fourth-order valence-electron chi connectivity index (χ4n) is 2.97. The summed E-state index contributed by atoms with van der Waals surface area (Å²) in [6.45, 7) is 5.92. The van der Waals surface area contributed by atoms with Gasteiger partial charge in [-0.15, -0.1) is 11.3 Å². The molecule has 29 heavy (non-hydrogen) atoms. The number of thiazole rings is 1. The summed E-state index contributed by atoms with van der Waals surface area (Å²) in [5.41, 5.74) is 3.34. The van der Waals surface area contributed by atoms with Crippen molar-refractivity contribution in [1.82, 2.24) is 10.3 Å². The number of nitrogens with one attached hydrogen (secondary N) is 2. The van der Waals surface area contributed by atoms with E-state index in [1.165, 1.54) is 0 Å². The molecular weight excluding hydrogens is 382 g/mol. The molecule has 2 N–H and O–H groups in total. The van der Waals surface area contributed by atoms with Crippen molar-refractivity contribution in [3.8, 4) is 11.3 Å². The standard InChI is InChI=1S/C23H25N3O2S/c1-15(2)13-21(27)26-22(18-7-5-4-6-8-18)23(28)25-19-11-9-17(10-12-19)20-14-29-16(3)24-20/h4-12,14-15,22H,13H2,1-3H3,(H,25,28)(H,26,27). The molecule has 2 aromatic carbocycles. The highest BCUT2D eigenvalue weighted by molar-refractivity contribution is 7.09. The molecule has 1 atom stereocenters. The summed E-state index contributed by atoms with van der Waals surface area (Å²) >= 11 is 1.60. The third kappa shape index (κ3) is 5.74. The highest BCUT2D eigenvalue weighted by Crippen LogP contribution is 2.24. The zero-order chi connectivity index (χ0) is 20.8. The Morgan fingerprint density at radius 2 is 1.72 bits per heavy atom. The summed E-state index contributed by atoms with van der Waals surface area (Å²) in [6, 6.07) is 16.1. The van der Waals surface area contributed by atoms with E-state index in [1.807, 2.05) is 80.7 Å². The van der Waals surface area contributed by atoms with Crippen molar-refractivity contribution < 1.29 is 9.59 Å². The van der Waals surface area contributed by atoms with Gasteiger partial charge >= 0.3 is 0 Å². The quantitative estimate of drug-likeness (QED) is 0.581. The smallest absolute Gasteiger partial charge is 0.251 e. The molecule has 1 heterocycles. The van der Waals surface area contributed by atoms with E-state index < -0.39 is 6.04 Å². The van der Waals surface area contributed by atoms with E-state index >= 15 is 0 Å². The average Bonchev–Trinajstić information content (AvgIpc) is 3.13. The van der Waals surface area contributed by atoms with Gasteiger partial charge in [-0.1, -0.05) is 56.3 Å². The Kier molecular flexibility index (Phi) is 6.77. The third-order valence-corrected chi connectivity index (χ3v) is 5.13. The van der Waals surface area contributed by atoms with Crippen LogP contribution >= 0.6 is 11.3 Å². The van der Waals surface area contributed by atoms with Gasteiger partial charge in [-0.2, -0.15) is 0 Å². The summed E-state index contributed by atoms with van der Waals surface area (Å²) in [7, 11) is 0. The van der Waals surface area contributed by atoms with Crippen LogP contribution in [0.4, 0.5) is 5.69 Å². The van der Waals surface area contributed by atoms with Crippen LogP contribution in [0.1, 0.15) is 36.9 Å². The van der Waals surface area contributed by atoms with Crippen LogP contribution < -0.4 is 10.6 Å². The van der Waals surface area contributed by atoms with Crippen LogP contribution in [-0.2, 0) is 9.59 Å². The maximum atomic E-state index is 13.0. The van der Waals surface area contributed by atoms with Gasteiger partial charge in [-0.05, 0) is 30.5 Å². The SMILES string of the molecule is Cc1nc(-c2ccc(NC(=O)C(NC(=O)CC(C)C)c3ccccc3)cc2)cs1. The monoisotopic (exact) mass is 407 g/mol. The zero-order valence-electron chi connectivity index (χ0n) is 16.8. The first-order valence-corrected chi connectivity index (χ1v) is 10.5. The van der Waals surface area contributed by atoms with Gasteiger partial charge in [-0.25, -0.2) is 4.98 Å². The number of benzene rings is 2. The minimum absolute atomic E-state index is 0.141. The molecule has 0 spiro atoms. The molecule has 3 aromatic rings. The van der Waals surface area contributed by atoms with E-state index in [-0.39, 0.29) is 17.7 Å². The zero-order valence-corrected chi connectivity index (χ0v) is 17.6. The first-order valence-electron chi connectivity index (χ1n) is 9.60. The second-order valence-electron chi connectivity index (χ2n) is 7.33. The molecular formula is C23H25N3O2S. The van der Waals surface area contributed by atoms with Gasteiger partial charge in [0.15, 0.2) is 0 Å². The molecule has 6 heteroatoms. The predicted octanol–water partition coefficient (Wildman–Crippen LogP) is 4.96. The molecule has 0 aliphatic rings. The second kappa shape index (κ2) is 9.47. The number of aryl methyl sites for hydroxylation is 1. The van der Waals surface area contributed by atoms with Gasteiger partial charge in [0.1, 0.15) is 6.04 Å². The van der Waals surface area contributed by atoms with Crippen LogP contribution in [0.2, 0.25) is 0 Å². The molecule has 0 saturated carbocycles. The van der Waals surface area contributed by atoms with Crippen LogP contribution in [0, 0.1) is 12.8 Å². The van der Waals surface area contributed by atoms with E-state index in [1.54, 1.807) is 11.3 Å². The molecule has 1 unspecified atom stereocenters. The lowest BCUT2D eigenvalue weighted by molar-refractivity contribution is -0.127. The van der Waals surface area contributed by atoms with Gasteiger partial charge < -0.3 is 10.6 Å². The maximum Gasteiger partial charge on any atom is 0.251 e. The lowest BCUT2D eigenvalue weighted by Gasteiger charge is -2.19. The molecule has 0 saturated heterocycles. The van der Waals surface area contributed by atoms with Crippen LogP contribution in [0.3, 0.4) is 0 Å². The average molecular weight is 408 g/mol. The molecule has 1 aromatic heterocycles. The van der Waals surface area contributed by atoms with Crippen molar-refractivity contribution in [1.29, 1.82) is 0 Å². The molecule has 2 amide bonds. The summed E-state index contributed by atoms with van der Waals surface area (Å²) < 4.78 is 0. The Bertz CT molecular complexity index is 965. The largest absolute Gasteiger partial charge is 0.341 e. The molecule has 0 aliphatic carbocycles. The van der Waals surface area contributed by atoms with Crippen LogP contribution in [0.5, 0.6) is 0 Å². The van der Waals surface area contributed by atoms with E-state index in [0.717, 1.165) is 21.8 Å². The molecule has 0 aliphatic heterocycles. The fraction of sp³-hybridized carbons (Fsp3) is 0.261. The van der Waals surface area contributed by atoms with Crippen molar-refractivity contribution in [3.63, 3.8) is 0 Å². The molecule has 0 bridgehead atoms. The van der Waals surface area contributed by atoms with E-state index in [2.05, 4.69) is 15.6 Å². The Morgan fingerprint density at radius 1 is 1.03 bits per heavy atom. The normalized spacial score (nSPS) is 11.9. The topological polar surface area (TPSA) is 71.1 Å². The third-order valence-electron chi connectivity index (χ3n) is 4.36. The number of nitrogens with zero attached hydrogens (tertiary/aromatic N) is 1. The van der Waals surface area contributed by atoms with Crippen LogP contribution in [0.15, 0.2) is 60.0 Å². The number of hydrogen-bond acceptors (Lipinski definition) is 4. The molecule has 150 valence electrons. The minimum Gasteiger partial charge on any atom is -0.341 e. The van der Waals surface area contributed by atoms with Crippen molar-refractivity contribution in [3.05, 3.63) is 70.5 Å². The van der Waals surface area contributed by atoms with Gasteiger partial charge in [0.2, 0.25) is 5.91 Å². The van der Waals surface area contributed by atoms with Crippen molar-refractivity contribution in [2.45, 2.75) is 33.2 Å². The first-order chi connectivity index (χ1) is 13.9. The lowest BCUT2D eigenvalue weighted by atomic mass is 10.0. The Hall–Kier alpha value is -2.99. The second-order valence-corrected chi connectivity index (χ2v) is 8.39. The number of anilines is 1. The Balaban J connectivity index is 1.74. The molecule has 3 rings (SSSR count). The summed E-state index contributed by atoms with van der Waals surface area (Å²) in [5.74, 6) is -0.194. The van der Waals surface area contributed by atoms with E-state index in [0.29, 0.717) is 12.1 Å². The Morgan fingerprint density at radius 3 is 2.31 bits per heavy atom. The number of amides is 2.